The molecule has 0 aliphatic carbocycles. The number of aliphatic hydroxyl groups is 1. The zero-order valence-corrected chi connectivity index (χ0v) is 24.0. The second-order valence-corrected chi connectivity index (χ2v) is 11.8. The van der Waals surface area contributed by atoms with Crippen LogP contribution < -0.4 is 5.32 Å². The number of nitrogens with zero attached hydrogens (tertiary/aromatic N) is 2. The van der Waals surface area contributed by atoms with Crippen molar-refractivity contribution >= 4 is 23.7 Å². The van der Waals surface area contributed by atoms with Gasteiger partial charge in [0.15, 0.2) is 0 Å². The van der Waals surface area contributed by atoms with Crippen LogP contribution in [-0.4, -0.2) is 93.7 Å². The van der Waals surface area contributed by atoms with Gasteiger partial charge in [0, 0.05) is 18.5 Å². The van der Waals surface area contributed by atoms with E-state index < -0.39 is 53.2 Å². The van der Waals surface area contributed by atoms with E-state index in [2.05, 4.69) is 18.5 Å². The van der Waals surface area contributed by atoms with Gasteiger partial charge in [-0.15, -0.1) is 13.2 Å². The van der Waals surface area contributed by atoms with Crippen molar-refractivity contribution < 1.29 is 33.8 Å². The summed E-state index contributed by atoms with van der Waals surface area (Å²) in [5.41, 5.74) is -1.74. The molecule has 0 aromatic carbocycles. The van der Waals surface area contributed by atoms with Crippen LogP contribution in [0.15, 0.2) is 25.3 Å². The smallest absolute Gasteiger partial charge is 0.312 e. The van der Waals surface area contributed by atoms with E-state index in [1.807, 2.05) is 27.7 Å². The van der Waals surface area contributed by atoms with Crippen molar-refractivity contribution in [3.8, 4) is 0 Å². The van der Waals surface area contributed by atoms with E-state index in [1.165, 1.54) is 4.90 Å². The van der Waals surface area contributed by atoms with E-state index in [9.17, 15) is 24.3 Å². The zero-order chi connectivity index (χ0) is 29.1. The highest BCUT2D eigenvalue weighted by molar-refractivity contribution is 5.98. The number of hydrogen-bond donors (Lipinski definition) is 2. The number of carbonyl (C=O) groups is 4. The van der Waals surface area contributed by atoms with Gasteiger partial charge >= 0.3 is 5.97 Å². The molecule has 2 bridgehead atoms. The van der Waals surface area contributed by atoms with Crippen LogP contribution in [0, 0.1) is 11.8 Å². The maximum atomic E-state index is 14.2. The molecule has 3 rings (SSSR count). The fourth-order valence-electron chi connectivity index (χ4n) is 6.31. The maximum absolute atomic E-state index is 14.2. The van der Waals surface area contributed by atoms with E-state index in [0.29, 0.717) is 32.1 Å². The summed E-state index contributed by atoms with van der Waals surface area (Å²) >= 11 is 0. The molecule has 10 nitrogen and oxygen atoms in total. The molecule has 3 saturated heterocycles. The number of allylic oxidation sites excluding steroid dienone is 1. The molecule has 10 heteroatoms. The predicted molar refractivity (Wildman–Crippen MR) is 145 cm³/mol. The molecule has 2 N–H and O–H groups in total. The Kier molecular flexibility index (Phi) is 9.64. The van der Waals surface area contributed by atoms with Crippen LogP contribution in [0.2, 0.25) is 0 Å². The minimum Gasteiger partial charge on any atom is -0.460 e. The number of esters is 1. The number of aliphatic hydroxyl groups excluding tert-OH is 1. The van der Waals surface area contributed by atoms with E-state index in [4.69, 9.17) is 9.47 Å². The summed E-state index contributed by atoms with van der Waals surface area (Å²) in [7, 11) is 0. The Labute approximate surface area is 231 Å². The first kappa shape index (κ1) is 30.8. The van der Waals surface area contributed by atoms with Crippen molar-refractivity contribution in [3.63, 3.8) is 0 Å². The molecule has 0 aromatic rings. The topological polar surface area (TPSA) is 125 Å². The van der Waals surface area contributed by atoms with Gasteiger partial charge < -0.3 is 29.7 Å². The van der Waals surface area contributed by atoms with E-state index in [0.717, 1.165) is 0 Å². The molecule has 1 spiro atoms. The minimum atomic E-state index is -1.18. The number of likely N-dealkylation sites (tertiary alicyclic amines) is 1. The Bertz CT molecular complexity index is 972. The molecule has 3 heterocycles. The van der Waals surface area contributed by atoms with Crippen molar-refractivity contribution in [2.75, 3.05) is 19.7 Å². The molecule has 0 aromatic heterocycles. The maximum Gasteiger partial charge on any atom is 0.312 e. The van der Waals surface area contributed by atoms with Crippen LogP contribution in [0.5, 0.6) is 0 Å². The van der Waals surface area contributed by atoms with Crippen molar-refractivity contribution in [2.45, 2.75) is 102 Å². The second kappa shape index (κ2) is 12.2. The van der Waals surface area contributed by atoms with Crippen LogP contribution in [0.4, 0.5) is 0 Å². The number of nitrogens with one attached hydrogen (secondary N) is 1. The van der Waals surface area contributed by atoms with Gasteiger partial charge in [0.25, 0.3) is 0 Å². The number of fused-ring (bicyclic) bond motifs is 1. The molecule has 3 amide bonds. The Balaban J connectivity index is 1.90. The Morgan fingerprint density at radius 1 is 1.31 bits per heavy atom. The van der Waals surface area contributed by atoms with Gasteiger partial charge in [-0.05, 0) is 53.4 Å². The summed E-state index contributed by atoms with van der Waals surface area (Å²) in [6.07, 6.45) is 4.40. The molecule has 218 valence electrons. The Morgan fingerprint density at radius 2 is 2.00 bits per heavy atom. The highest BCUT2D eigenvalue weighted by atomic mass is 16.6. The number of hydrogen-bond acceptors (Lipinski definition) is 7. The Hall–Kier alpha value is -2.72. The van der Waals surface area contributed by atoms with Crippen molar-refractivity contribution in [1.29, 1.82) is 0 Å². The standard InChI is InChI=1S/C29H45N3O7/c1-8-11-12-21(34)30-16-18(4)38-27(37)22-20-13-14-29(39-20)23(22)25(35)32(19(10-3)17-33)24(29)26(36)31(15-9-2)28(5,6)7/h8-9,18-20,22-24,33H,1-2,10-17H2,3-7H3,(H,30,34)/t18-,19+,20+,22-,23-,24+,29-/m1/s1. The third-order valence-corrected chi connectivity index (χ3v) is 8.19. The summed E-state index contributed by atoms with van der Waals surface area (Å²) in [5, 5.41) is 12.9. The summed E-state index contributed by atoms with van der Waals surface area (Å²) in [5.74, 6) is -3.15. The molecule has 0 unspecified atom stereocenters. The third-order valence-electron chi connectivity index (χ3n) is 8.19. The molecule has 3 aliphatic rings. The first-order chi connectivity index (χ1) is 18.4. The first-order valence-electron chi connectivity index (χ1n) is 14.0. The van der Waals surface area contributed by atoms with Crippen molar-refractivity contribution in [2.24, 2.45) is 11.8 Å². The third kappa shape index (κ3) is 5.77. The number of ether oxygens (including phenoxy) is 2. The van der Waals surface area contributed by atoms with Gasteiger partial charge in [-0.2, -0.15) is 0 Å². The average Bonchev–Trinajstić information content (AvgIpc) is 3.52. The molecule has 39 heavy (non-hydrogen) atoms. The lowest BCUT2D eigenvalue weighted by molar-refractivity contribution is -0.160. The van der Waals surface area contributed by atoms with E-state index >= 15 is 0 Å². The Morgan fingerprint density at radius 3 is 2.56 bits per heavy atom. The van der Waals surface area contributed by atoms with E-state index in [-0.39, 0.29) is 37.4 Å². The molecular weight excluding hydrogens is 502 g/mol. The highest BCUT2D eigenvalue weighted by Crippen LogP contribution is 2.59. The van der Waals surface area contributed by atoms with Crippen molar-refractivity contribution in [3.05, 3.63) is 25.3 Å². The fourth-order valence-corrected chi connectivity index (χ4v) is 6.31. The van der Waals surface area contributed by atoms with Crippen LogP contribution >= 0.6 is 0 Å². The van der Waals surface area contributed by atoms with Gasteiger partial charge in [0.2, 0.25) is 17.7 Å². The number of carbonyl (C=O) groups excluding carboxylic acids is 4. The normalized spacial score (nSPS) is 29.0. The number of amides is 3. The summed E-state index contributed by atoms with van der Waals surface area (Å²) in [6, 6.07) is -1.57. The van der Waals surface area contributed by atoms with Gasteiger partial charge in [-0.1, -0.05) is 19.1 Å². The summed E-state index contributed by atoms with van der Waals surface area (Å²) < 4.78 is 12.2. The average molecular weight is 548 g/mol. The first-order valence-corrected chi connectivity index (χ1v) is 14.0. The van der Waals surface area contributed by atoms with Gasteiger partial charge in [0.1, 0.15) is 17.7 Å². The lowest BCUT2D eigenvalue weighted by Crippen LogP contribution is -2.61. The summed E-state index contributed by atoms with van der Waals surface area (Å²) in [4.78, 5) is 56.9. The second-order valence-electron chi connectivity index (χ2n) is 11.8. The van der Waals surface area contributed by atoms with Crippen LogP contribution in [0.1, 0.15) is 66.7 Å². The van der Waals surface area contributed by atoms with Gasteiger partial charge in [-0.3, -0.25) is 19.2 Å². The molecule has 3 fully saturated rings. The molecule has 7 atom stereocenters. The minimum absolute atomic E-state index is 0.140. The van der Waals surface area contributed by atoms with Gasteiger partial charge in [-0.25, -0.2) is 0 Å². The largest absolute Gasteiger partial charge is 0.460 e. The van der Waals surface area contributed by atoms with Crippen LogP contribution in [0.3, 0.4) is 0 Å². The van der Waals surface area contributed by atoms with Gasteiger partial charge in [0.05, 0.1) is 37.1 Å². The molecule has 0 saturated carbocycles. The fraction of sp³-hybridized carbons (Fsp3) is 0.724. The zero-order valence-electron chi connectivity index (χ0n) is 24.0. The highest BCUT2D eigenvalue weighted by Gasteiger charge is 2.75. The van der Waals surface area contributed by atoms with E-state index in [1.54, 1.807) is 24.0 Å². The summed E-state index contributed by atoms with van der Waals surface area (Å²) in [6.45, 7) is 16.8. The lowest BCUT2D eigenvalue weighted by atomic mass is 9.70. The monoisotopic (exact) mass is 547 g/mol. The predicted octanol–water partition coefficient (Wildman–Crippen LogP) is 1.96. The SMILES string of the molecule is C=CCCC(=O)NC[C@@H](C)OC(=O)[C@@H]1[C@@H]2CC[C@]3(O2)[C@H](C(=O)N(CC=C)C(C)(C)C)N([C@@H](CC)CO)C(=O)[C@@H]13. The lowest BCUT2D eigenvalue weighted by Gasteiger charge is -2.43. The van der Waals surface area contributed by atoms with Crippen molar-refractivity contribution in [1.82, 2.24) is 15.1 Å². The molecule has 3 aliphatic heterocycles. The molecular formula is C29H45N3O7. The molecule has 0 radical (unpaired) electrons. The number of rotatable bonds is 13. The van der Waals surface area contributed by atoms with Crippen LogP contribution in [0.25, 0.3) is 0 Å². The van der Waals surface area contributed by atoms with Crippen LogP contribution in [-0.2, 0) is 28.7 Å². The quantitative estimate of drug-likeness (QED) is 0.267.